The van der Waals surface area contributed by atoms with Crippen LogP contribution in [0.4, 0.5) is 5.69 Å². The van der Waals surface area contributed by atoms with Crippen molar-refractivity contribution in [3.63, 3.8) is 0 Å². The van der Waals surface area contributed by atoms with Gasteiger partial charge in [-0.25, -0.2) is 0 Å². The van der Waals surface area contributed by atoms with Crippen molar-refractivity contribution in [2.45, 2.75) is 13.0 Å². The molecule has 0 spiro atoms. The number of ether oxygens (including phenoxy) is 2. The quantitative estimate of drug-likeness (QED) is 0.466. The average Bonchev–Trinajstić information content (AvgIpc) is 3.33. The number of carbonyl (C=O) groups is 1. The van der Waals surface area contributed by atoms with E-state index in [1.54, 1.807) is 31.4 Å². The molecule has 0 fully saturated rings. The second kappa shape index (κ2) is 9.13. The third-order valence-electron chi connectivity index (χ3n) is 4.67. The average molecular weight is 415 g/mol. The fraction of sp³-hybridized carbons (Fsp3) is 0.125. The Kier molecular flexibility index (Phi) is 5.93. The Bertz CT molecular complexity index is 1140. The summed E-state index contributed by atoms with van der Waals surface area (Å²) in [5.74, 6) is 1.21. The van der Waals surface area contributed by atoms with Crippen LogP contribution in [-0.4, -0.2) is 23.2 Å². The molecule has 3 aromatic carbocycles. The summed E-state index contributed by atoms with van der Waals surface area (Å²) in [4.78, 5) is 13.2. The molecule has 31 heavy (non-hydrogen) atoms. The molecule has 0 aliphatic heterocycles. The van der Waals surface area contributed by atoms with E-state index in [9.17, 15) is 4.79 Å². The Morgan fingerprint density at radius 3 is 2.48 bits per heavy atom. The van der Waals surface area contributed by atoms with Crippen molar-refractivity contribution in [3.05, 3.63) is 90.3 Å². The number of rotatable bonds is 7. The summed E-state index contributed by atoms with van der Waals surface area (Å²) >= 11 is 0. The first-order chi connectivity index (χ1) is 15.1. The zero-order valence-electron chi connectivity index (χ0n) is 17.1. The molecule has 1 aromatic heterocycles. The highest BCUT2D eigenvalue weighted by Gasteiger charge is 2.24. The van der Waals surface area contributed by atoms with Gasteiger partial charge >= 0.3 is 0 Å². The molecular formula is C24H21N3O4. The third kappa shape index (κ3) is 4.72. The number of aromatic nitrogens is 2. The number of benzene rings is 3. The number of hydrogen-bond donors (Lipinski definition) is 1. The standard InChI is InChI=1S/C24H21N3O4/c1-16-8-13-21(29-2)20(14-16)26-23(28)22(17-6-4-3-5-7-17)31-19-11-9-18(10-12-19)24-27-25-15-30-24/h3-15,22H,1-2H3,(H,26,28)/t22-/m1/s1. The van der Waals surface area contributed by atoms with E-state index in [-0.39, 0.29) is 5.91 Å². The Balaban J connectivity index is 1.59. The highest BCUT2D eigenvalue weighted by molar-refractivity contribution is 5.96. The molecule has 4 rings (SSSR count). The Labute approximate surface area is 179 Å². The van der Waals surface area contributed by atoms with E-state index in [1.165, 1.54) is 6.39 Å². The molecule has 1 heterocycles. The maximum Gasteiger partial charge on any atom is 0.270 e. The van der Waals surface area contributed by atoms with Gasteiger partial charge in [0.25, 0.3) is 5.91 Å². The van der Waals surface area contributed by atoms with Crippen LogP contribution in [-0.2, 0) is 4.79 Å². The predicted octanol–water partition coefficient (Wildman–Crippen LogP) is 4.81. The van der Waals surface area contributed by atoms with Gasteiger partial charge < -0.3 is 19.2 Å². The van der Waals surface area contributed by atoms with E-state index in [0.717, 1.165) is 16.7 Å². The first kappa shape index (κ1) is 20.2. The molecule has 0 saturated carbocycles. The van der Waals surface area contributed by atoms with E-state index in [2.05, 4.69) is 15.5 Å². The summed E-state index contributed by atoms with van der Waals surface area (Å²) in [6.07, 6.45) is 0.412. The number of aryl methyl sites for hydroxylation is 1. The highest BCUT2D eigenvalue weighted by atomic mass is 16.5. The normalized spacial score (nSPS) is 11.5. The van der Waals surface area contributed by atoms with Gasteiger partial charge in [0.2, 0.25) is 18.4 Å². The summed E-state index contributed by atoms with van der Waals surface area (Å²) in [6, 6.07) is 22.0. The van der Waals surface area contributed by atoms with Gasteiger partial charge in [0.05, 0.1) is 12.8 Å². The largest absolute Gasteiger partial charge is 0.495 e. The van der Waals surface area contributed by atoms with Gasteiger partial charge in [0.15, 0.2) is 0 Å². The van der Waals surface area contributed by atoms with Crippen molar-refractivity contribution in [2.75, 3.05) is 12.4 Å². The molecule has 0 radical (unpaired) electrons. The molecule has 7 nitrogen and oxygen atoms in total. The lowest BCUT2D eigenvalue weighted by molar-refractivity contribution is -0.123. The second-order valence-corrected chi connectivity index (χ2v) is 6.87. The lowest BCUT2D eigenvalue weighted by Gasteiger charge is -2.20. The molecule has 0 aliphatic carbocycles. The SMILES string of the molecule is COc1ccc(C)cc1NC(=O)[C@H](Oc1ccc(-c2nnco2)cc1)c1ccccc1. The summed E-state index contributed by atoms with van der Waals surface area (Å²) in [5, 5.41) is 10.5. The fourth-order valence-corrected chi connectivity index (χ4v) is 3.13. The minimum atomic E-state index is -0.860. The number of amides is 1. The van der Waals surface area contributed by atoms with Gasteiger partial charge in [-0.3, -0.25) is 4.79 Å². The lowest BCUT2D eigenvalue weighted by atomic mass is 10.1. The van der Waals surface area contributed by atoms with Crippen molar-refractivity contribution < 1.29 is 18.7 Å². The third-order valence-corrected chi connectivity index (χ3v) is 4.67. The molecule has 0 aliphatic rings. The number of anilines is 1. The number of nitrogens with zero attached hydrogens (tertiary/aromatic N) is 2. The van der Waals surface area contributed by atoms with E-state index in [4.69, 9.17) is 13.9 Å². The van der Waals surface area contributed by atoms with Crippen LogP contribution < -0.4 is 14.8 Å². The lowest BCUT2D eigenvalue weighted by Crippen LogP contribution is -2.26. The van der Waals surface area contributed by atoms with Crippen LogP contribution in [0, 0.1) is 6.92 Å². The van der Waals surface area contributed by atoms with E-state index in [1.807, 2.05) is 55.5 Å². The second-order valence-electron chi connectivity index (χ2n) is 6.87. The maximum atomic E-state index is 13.2. The topological polar surface area (TPSA) is 86.5 Å². The van der Waals surface area contributed by atoms with Crippen molar-refractivity contribution >= 4 is 11.6 Å². The van der Waals surface area contributed by atoms with Gasteiger partial charge in [-0.15, -0.1) is 10.2 Å². The fourth-order valence-electron chi connectivity index (χ4n) is 3.13. The number of methoxy groups -OCH3 is 1. The smallest absolute Gasteiger partial charge is 0.270 e. The van der Waals surface area contributed by atoms with Crippen molar-refractivity contribution in [1.29, 1.82) is 0 Å². The van der Waals surface area contributed by atoms with E-state index in [0.29, 0.717) is 23.1 Å². The van der Waals surface area contributed by atoms with Crippen LogP contribution in [0.1, 0.15) is 17.2 Å². The first-order valence-electron chi connectivity index (χ1n) is 9.68. The van der Waals surface area contributed by atoms with Gasteiger partial charge in [-0.2, -0.15) is 0 Å². The Morgan fingerprint density at radius 1 is 1.03 bits per heavy atom. The molecule has 1 atom stereocenters. The molecule has 0 saturated heterocycles. The van der Waals surface area contributed by atoms with E-state index < -0.39 is 6.10 Å². The Morgan fingerprint density at radius 2 is 1.81 bits per heavy atom. The van der Waals surface area contributed by atoms with Crippen LogP contribution in [0.2, 0.25) is 0 Å². The summed E-state index contributed by atoms with van der Waals surface area (Å²) in [6.45, 7) is 1.95. The van der Waals surface area contributed by atoms with Crippen LogP contribution in [0.25, 0.3) is 11.5 Å². The van der Waals surface area contributed by atoms with E-state index >= 15 is 0 Å². The van der Waals surface area contributed by atoms with Crippen LogP contribution in [0.3, 0.4) is 0 Å². The van der Waals surface area contributed by atoms with Crippen molar-refractivity contribution in [3.8, 4) is 23.0 Å². The van der Waals surface area contributed by atoms with Crippen LogP contribution in [0.5, 0.6) is 11.5 Å². The molecule has 7 heteroatoms. The molecule has 4 aromatic rings. The minimum Gasteiger partial charge on any atom is -0.495 e. The van der Waals surface area contributed by atoms with Gasteiger partial charge in [0.1, 0.15) is 11.5 Å². The van der Waals surface area contributed by atoms with Crippen LogP contribution in [0.15, 0.2) is 83.6 Å². The van der Waals surface area contributed by atoms with Crippen LogP contribution >= 0.6 is 0 Å². The Hall–Kier alpha value is -4.13. The molecule has 0 unspecified atom stereocenters. The number of nitrogens with one attached hydrogen (secondary N) is 1. The zero-order chi connectivity index (χ0) is 21.6. The minimum absolute atomic E-state index is 0.309. The summed E-state index contributed by atoms with van der Waals surface area (Å²) in [5.41, 5.74) is 3.08. The number of carbonyl (C=O) groups excluding carboxylic acids is 1. The predicted molar refractivity (Wildman–Crippen MR) is 116 cm³/mol. The molecule has 1 N–H and O–H groups in total. The summed E-state index contributed by atoms with van der Waals surface area (Å²) < 4.78 is 16.7. The van der Waals surface area contributed by atoms with Crippen molar-refractivity contribution in [2.24, 2.45) is 0 Å². The van der Waals surface area contributed by atoms with Crippen molar-refractivity contribution in [1.82, 2.24) is 10.2 Å². The van der Waals surface area contributed by atoms with Gasteiger partial charge in [0, 0.05) is 11.1 Å². The molecule has 156 valence electrons. The highest BCUT2D eigenvalue weighted by Crippen LogP contribution is 2.29. The van der Waals surface area contributed by atoms with Gasteiger partial charge in [-0.1, -0.05) is 36.4 Å². The monoisotopic (exact) mass is 415 g/mol. The maximum absolute atomic E-state index is 13.2. The number of hydrogen-bond acceptors (Lipinski definition) is 6. The first-order valence-corrected chi connectivity index (χ1v) is 9.68. The summed E-state index contributed by atoms with van der Waals surface area (Å²) in [7, 11) is 1.57. The van der Waals surface area contributed by atoms with Gasteiger partial charge in [-0.05, 0) is 48.9 Å². The molecule has 1 amide bonds. The molecule has 0 bridgehead atoms. The molecular weight excluding hydrogens is 394 g/mol. The zero-order valence-corrected chi connectivity index (χ0v) is 17.1.